The number of amides is 1. The van der Waals surface area contributed by atoms with Gasteiger partial charge in [-0.05, 0) is 36.6 Å². The van der Waals surface area contributed by atoms with Crippen molar-refractivity contribution in [2.45, 2.75) is 37.7 Å². The van der Waals surface area contributed by atoms with Crippen LogP contribution in [0.15, 0.2) is 53.3 Å². The molecule has 1 amide bonds. The first-order chi connectivity index (χ1) is 15.8. The lowest BCUT2D eigenvalue weighted by Crippen LogP contribution is -2.32. The number of ether oxygens (including phenoxy) is 2. The van der Waals surface area contributed by atoms with Crippen LogP contribution >= 0.6 is 0 Å². The van der Waals surface area contributed by atoms with E-state index in [1.54, 1.807) is 12.4 Å². The summed E-state index contributed by atoms with van der Waals surface area (Å²) in [5.41, 5.74) is 1.70. The van der Waals surface area contributed by atoms with Gasteiger partial charge in [0.15, 0.2) is 5.82 Å². The fourth-order valence-electron chi connectivity index (χ4n) is 4.23. The van der Waals surface area contributed by atoms with Crippen molar-refractivity contribution in [2.24, 2.45) is 0 Å². The topological polar surface area (TPSA) is 90.6 Å². The summed E-state index contributed by atoms with van der Waals surface area (Å²) in [4.78, 5) is 23.2. The zero-order chi connectivity index (χ0) is 21.8. The Hall–Kier alpha value is -3.26. The number of aromatic nitrogens is 3. The Balaban J connectivity index is 1.24. The van der Waals surface area contributed by atoms with Crippen LogP contribution in [0.4, 0.5) is 0 Å². The number of hydrogen-bond acceptors (Lipinski definition) is 7. The molecule has 2 saturated heterocycles. The average Bonchev–Trinajstić information content (AvgIpc) is 3.51. The van der Waals surface area contributed by atoms with Crippen LogP contribution in [0.1, 0.15) is 36.6 Å². The molecule has 1 aromatic carbocycles. The highest BCUT2D eigenvalue weighted by molar-refractivity contribution is 5.79. The molecule has 5 rings (SSSR count). The number of rotatable bonds is 6. The fraction of sp³-hybridized carbons (Fsp3) is 0.417. The van der Waals surface area contributed by atoms with Gasteiger partial charge in [-0.1, -0.05) is 23.4 Å². The monoisotopic (exact) mass is 434 g/mol. The van der Waals surface area contributed by atoms with Crippen LogP contribution < -0.4 is 4.74 Å². The first-order valence-electron chi connectivity index (χ1n) is 11.1. The second-order valence-electron chi connectivity index (χ2n) is 8.25. The van der Waals surface area contributed by atoms with Gasteiger partial charge in [0.05, 0.1) is 18.5 Å². The van der Waals surface area contributed by atoms with Crippen molar-refractivity contribution >= 4 is 5.91 Å². The zero-order valence-corrected chi connectivity index (χ0v) is 17.9. The van der Waals surface area contributed by atoms with Gasteiger partial charge in [-0.25, -0.2) is 0 Å². The van der Waals surface area contributed by atoms with Crippen molar-refractivity contribution in [3.05, 3.63) is 60.2 Å². The van der Waals surface area contributed by atoms with E-state index in [0.29, 0.717) is 31.2 Å². The summed E-state index contributed by atoms with van der Waals surface area (Å²) < 4.78 is 17.3. The van der Waals surface area contributed by atoms with Gasteiger partial charge < -0.3 is 18.9 Å². The number of pyridine rings is 1. The molecule has 2 aromatic heterocycles. The standard InChI is InChI=1S/C24H26N4O4/c29-22(14-17-4-3-10-25-15-17)28-11-7-19(16-28)31-21-6-2-1-5-20(21)24-26-23(27-32-24)18-8-12-30-13-9-18/h1-6,10,15,18-19H,7-9,11-14,16H2. The molecule has 4 heterocycles. The Kier molecular flexibility index (Phi) is 6.11. The van der Waals surface area contributed by atoms with Crippen molar-refractivity contribution in [2.75, 3.05) is 26.3 Å². The number of carbonyl (C=O) groups excluding carboxylic acids is 1. The lowest BCUT2D eigenvalue weighted by Gasteiger charge is -2.18. The Labute approximate surface area is 186 Å². The predicted octanol–water partition coefficient (Wildman–Crippen LogP) is 3.25. The highest BCUT2D eigenvalue weighted by Crippen LogP contribution is 2.33. The molecule has 32 heavy (non-hydrogen) atoms. The summed E-state index contributed by atoms with van der Waals surface area (Å²) in [5.74, 6) is 2.25. The van der Waals surface area contributed by atoms with Crippen molar-refractivity contribution < 1.29 is 18.8 Å². The van der Waals surface area contributed by atoms with E-state index in [1.807, 2.05) is 41.3 Å². The van der Waals surface area contributed by atoms with E-state index in [1.165, 1.54) is 0 Å². The molecule has 2 aliphatic rings. The molecule has 1 unspecified atom stereocenters. The largest absolute Gasteiger partial charge is 0.488 e. The number of benzene rings is 1. The molecule has 8 nitrogen and oxygen atoms in total. The van der Waals surface area contributed by atoms with Gasteiger partial charge in [-0.15, -0.1) is 0 Å². The lowest BCUT2D eigenvalue weighted by molar-refractivity contribution is -0.129. The van der Waals surface area contributed by atoms with E-state index in [-0.39, 0.29) is 17.9 Å². The summed E-state index contributed by atoms with van der Waals surface area (Å²) in [6.07, 6.45) is 6.31. The number of para-hydroxylation sites is 1. The van der Waals surface area contributed by atoms with Gasteiger partial charge in [0, 0.05) is 44.5 Å². The quantitative estimate of drug-likeness (QED) is 0.588. The molecule has 0 N–H and O–H groups in total. The van der Waals surface area contributed by atoms with Gasteiger partial charge in [0.1, 0.15) is 11.9 Å². The van der Waals surface area contributed by atoms with Crippen molar-refractivity contribution in [3.63, 3.8) is 0 Å². The van der Waals surface area contributed by atoms with Gasteiger partial charge in [-0.2, -0.15) is 4.98 Å². The zero-order valence-electron chi connectivity index (χ0n) is 17.9. The second-order valence-corrected chi connectivity index (χ2v) is 8.25. The molecule has 166 valence electrons. The van der Waals surface area contributed by atoms with Crippen molar-refractivity contribution in [1.29, 1.82) is 0 Å². The minimum Gasteiger partial charge on any atom is -0.488 e. The van der Waals surface area contributed by atoms with Crippen molar-refractivity contribution in [1.82, 2.24) is 20.0 Å². The van der Waals surface area contributed by atoms with Gasteiger partial charge in [0.2, 0.25) is 5.91 Å². The molecule has 1 atom stereocenters. The van der Waals surface area contributed by atoms with Crippen molar-refractivity contribution in [3.8, 4) is 17.2 Å². The number of hydrogen-bond donors (Lipinski definition) is 0. The minimum absolute atomic E-state index is 0.0770. The van der Waals surface area contributed by atoms with Gasteiger partial charge in [-0.3, -0.25) is 9.78 Å². The average molecular weight is 434 g/mol. The number of nitrogens with zero attached hydrogens (tertiary/aromatic N) is 4. The Morgan fingerprint density at radius 1 is 1.12 bits per heavy atom. The molecular formula is C24H26N4O4. The maximum Gasteiger partial charge on any atom is 0.261 e. The molecular weight excluding hydrogens is 408 g/mol. The Morgan fingerprint density at radius 2 is 2.00 bits per heavy atom. The van der Waals surface area contributed by atoms with E-state index >= 15 is 0 Å². The van der Waals surface area contributed by atoms with Crippen LogP contribution in [0.3, 0.4) is 0 Å². The molecule has 0 saturated carbocycles. The molecule has 0 bridgehead atoms. The van der Waals surface area contributed by atoms with Crippen LogP contribution in [0, 0.1) is 0 Å². The smallest absolute Gasteiger partial charge is 0.261 e. The summed E-state index contributed by atoms with van der Waals surface area (Å²) in [5, 5.41) is 4.21. The molecule has 8 heteroatoms. The normalized spacial score (nSPS) is 19.2. The number of likely N-dealkylation sites (tertiary alicyclic amines) is 1. The van der Waals surface area contributed by atoms with Gasteiger partial charge in [0.25, 0.3) is 5.89 Å². The summed E-state index contributed by atoms with van der Waals surface area (Å²) in [6, 6.07) is 11.5. The van der Waals surface area contributed by atoms with E-state index in [9.17, 15) is 4.79 Å². The Morgan fingerprint density at radius 3 is 2.84 bits per heavy atom. The third-order valence-electron chi connectivity index (χ3n) is 6.02. The Bertz CT molecular complexity index is 1050. The summed E-state index contributed by atoms with van der Waals surface area (Å²) in [6.45, 7) is 2.70. The van der Waals surface area contributed by atoms with E-state index < -0.39 is 0 Å². The molecule has 0 radical (unpaired) electrons. The molecule has 0 aliphatic carbocycles. The minimum atomic E-state index is -0.0770. The maximum absolute atomic E-state index is 12.7. The first-order valence-corrected chi connectivity index (χ1v) is 11.1. The fourth-order valence-corrected chi connectivity index (χ4v) is 4.23. The van der Waals surface area contributed by atoms with E-state index in [0.717, 1.165) is 49.4 Å². The molecule has 3 aromatic rings. The number of carbonyl (C=O) groups is 1. The first kappa shape index (κ1) is 20.6. The predicted molar refractivity (Wildman–Crippen MR) is 116 cm³/mol. The van der Waals surface area contributed by atoms with Crippen LogP contribution in [-0.2, 0) is 16.0 Å². The third-order valence-corrected chi connectivity index (χ3v) is 6.02. The van der Waals surface area contributed by atoms with Crippen LogP contribution in [-0.4, -0.2) is 58.3 Å². The molecule has 2 fully saturated rings. The lowest BCUT2D eigenvalue weighted by atomic mass is 10.00. The SMILES string of the molecule is O=C(Cc1cccnc1)N1CCC(Oc2ccccc2-c2nc(C3CCOCC3)no2)C1. The van der Waals surface area contributed by atoms with Crippen LogP contribution in [0.5, 0.6) is 5.75 Å². The summed E-state index contributed by atoms with van der Waals surface area (Å²) in [7, 11) is 0. The van der Waals surface area contributed by atoms with E-state index in [4.69, 9.17) is 14.0 Å². The van der Waals surface area contributed by atoms with E-state index in [2.05, 4.69) is 15.1 Å². The van der Waals surface area contributed by atoms with Gasteiger partial charge >= 0.3 is 0 Å². The third kappa shape index (κ3) is 4.65. The maximum atomic E-state index is 12.7. The molecule has 2 aliphatic heterocycles. The second kappa shape index (κ2) is 9.48. The van der Waals surface area contributed by atoms with Crippen LogP contribution in [0.2, 0.25) is 0 Å². The molecule has 0 spiro atoms. The summed E-state index contributed by atoms with van der Waals surface area (Å²) >= 11 is 0. The highest BCUT2D eigenvalue weighted by Gasteiger charge is 2.29. The van der Waals surface area contributed by atoms with Crippen LogP contribution in [0.25, 0.3) is 11.5 Å². The highest BCUT2D eigenvalue weighted by atomic mass is 16.5.